The number of piperazine rings is 1. The monoisotopic (exact) mass is 399 g/mol. The van der Waals surface area contributed by atoms with Crippen LogP contribution in [0.1, 0.15) is 35.7 Å². The van der Waals surface area contributed by atoms with Gasteiger partial charge in [0, 0.05) is 50.5 Å². The summed E-state index contributed by atoms with van der Waals surface area (Å²) in [5.41, 5.74) is 4.64. The van der Waals surface area contributed by atoms with Crippen LogP contribution in [0.3, 0.4) is 0 Å². The largest absolute Gasteiger partial charge is 0.368 e. The number of fused-ring (bicyclic) bond motifs is 1. The van der Waals surface area contributed by atoms with Crippen molar-refractivity contribution < 1.29 is 4.79 Å². The second kappa shape index (κ2) is 8.37. The Labute approximate surface area is 170 Å². The quantitative estimate of drug-likeness (QED) is 0.726. The summed E-state index contributed by atoms with van der Waals surface area (Å²) < 4.78 is 0. The third-order valence-corrected chi connectivity index (χ3v) is 5.65. The van der Waals surface area contributed by atoms with E-state index < -0.39 is 0 Å². The first-order valence-electron chi connectivity index (χ1n) is 9.96. The molecule has 3 heterocycles. The Morgan fingerprint density at radius 1 is 1.25 bits per heavy atom. The number of amides is 1. The zero-order chi connectivity index (χ0) is 19.5. The number of pyridine rings is 1. The van der Waals surface area contributed by atoms with E-state index in [0.29, 0.717) is 11.7 Å². The maximum atomic E-state index is 12.5. The van der Waals surface area contributed by atoms with Crippen LogP contribution in [0.25, 0.3) is 0 Å². The number of unbranched alkanes of at least 4 members (excludes halogenated alkanes) is 1. The van der Waals surface area contributed by atoms with Gasteiger partial charge in [-0.15, -0.1) is 0 Å². The van der Waals surface area contributed by atoms with Crippen LogP contribution >= 0.6 is 11.6 Å². The molecule has 28 heavy (non-hydrogen) atoms. The van der Waals surface area contributed by atoms with Crippen LogP contribution in [-0.2, 0) is 6.54 Å². The summed E-state index contributed by atoms with van der Waals surface area (Å²) in [6.07, 6.45) is 3.94. The SMILES string of the molecule is CCCCN1Cc2cc(Nc3cc(N4CCNCC4)cnc3Cl)ccc2C1=O. The molecule has 0 saturated carbocycles. The normalized spacial score (nSPS) is 16.4. The number of aromatic nitrogens is 1. The molecule has 1 saturated heterocycles. The molecule has 1 aromatic heterocycles. The van der Waals surface area contributed by atoms with Crippen molar-refractivity contribution in [3.05, 3.63) is 46.7 Å². The van der Waals surface area contributed by atoms with Gasteiger partial charge in [0.15, 0.2) is 5.15 Å². The molecule has 7 heteroatoms. The Balaban J connectivity index is 1.52. The van der Waals surface area contributed by atoms with Crippen molar-refractivity contribution in [3.8, 4) is 0 Å². The van der Waals surface area contributed by atoms with Crippen LogP contribution in [0.4, 0.5) is 17.1 Å². The van der Waals surface area contributed by atoms with E-state index in [1.54, 1.807) is 0 Å². The molecular formula is C21H26ClN5O. The predicted octanol–water partition coefficient (Wildman–Crippen LogP) is 3.64. The van der Waals surface area contributed by atoms with E-state index in [0.717, 1.165) is 73.8 Å². The second-order valence-electron chi connectivity index (χ2n) is 7.35. The first-order chi connectivity index (χ1) is 13.7. The maximum absolute atomic E-state index is 12.5. The average Bonchev–Trinajstić information content (AvgIpc) is 3.03. The summed E-state index contributed by atoms with van der Waals surface area (Å²) in [6, 6.07) is 7.95. The highest BCUT2D eigenvalue weighted by molar-refractivity contribution is 6.32. The number of nitrogens with one attached hydrogen (secondary N) is 2. The highest BCUT2D eigenvalue weighted by atomic mass is 35.5. The minimum absolute atomic E-state index is 0.135. The smallest absolute Gasteiger partial charge is 0.254 e. The van der Waals surface area contributed by atoms with E-state index >= 15 is 0 Å². The lowest BCUT2D eigenvalue weighted by Crippen LogP contribution is -2.43. The zero-order valence-corrected chi connectivity index (χ0v) is 16.9. The Morgan fingerprint density at radius 2 is 2.07 bits per heavy atom. The zero-order valence-electron chi connectivity index (χ0n) is 16.2. The van der Waals surface area contributed by atoms with Gasteiger partial charge in [0.25, 0.3) is 5.91 Å². The number of carbonyl (C=O) groups excluding carboxylic acids is 1. The van der Waals surface area contributed by atoms with Gasteiger partial charge in [-0.3, -0.25) is 4.79 Å². The molecule has 2 aliphatic heterocycles. The highest BCUT2D eigenvalue weighted by Gasteiger charge is 2.26. The van der Waals surface area contributed by atoms with Crippen molar-refractivity contribution in [3.63, 3.8) is 0 Å². The lowest BCUT2D eigenvalue weighted by molar-refractivity contribution is 0.0776. The molecule has 0 spiro atoms. The van der Waals surface area contributed by atoms with Crippen molar-refractivity contribution in [1.29, 1.82) is 0 Å². The summed E-state index contributed by atoms with van der Waals surface area (Å²) in [4.78, 5) is 21.1. The van der Waals surface area contributed by atoms with Crippen molar-refractivity contribution >= 4 is 34.6 Å². The molecule has 0 radical (unpaired) electrons. The van der Waals surface area contributed by atoms with Crippen molar-refractivity contribution in [2.45, 2.75) is 26.3 Å². The number of carbonyl (C=O) groups is 1. The van der Waals surface area contributed by atoms with Gasteiger partial charge in [0.2, 0.25) is 0 Å². The van der Waals surface area contributed by atoms with Crippen LogP contribution in [0.15, 0.2) is 30.5 Å². The molecule has 148 valence electrons. The minimum atomic E-state index is 0.135. The van der Waals surface area contributed by atoms with E-state index in [9.17, 15) is 4.79 Å². The van der Waals surface area contributed by atoms with Gasteiger partial charge in [-0.25, -0.2) is 4.98 Å². The Bertz CT molecular complexity index is 866. The van der Waals surface area contributed by atoms with E-state index in [1.807, 2.05) is 35.4 Å². The Morgan fingerprint density at radius 3 is 2.86 bits per heavy atom. The molecule has 6 nitrogen and oxygen atoms in total. The van der Waals surface area contributed by atoms with Gasteiger partial charge in [-0.2, -0.15) is 0 Å². The lowest BCUT2D eigenvalue weighted by Gasteiger charge is -2.29. The number of rotatable bonds is 6. The van der Waals surface area contributed by atoms with E-state index in [4.69, 9.17) is 11.6 Å². The minimum Gasteiger partial charge on any atom is -0.368 e. The van der Waals surface area contributed by atoms with Crippen LogP contribution in [0.5, 0.6) is 0 Å². The van der Waals surface area contributed by atoms with Crippen molar-refractivity contribution in [1.82, 2.24) is 15.2 Å². The summed E-state index contributed by atoms with van der Waals surface area (Å²) in [5.74, 6) is 0.135. The Kier molecular flexibility index (Phi) is 5.69. The summed E-state index contributed by atoms with van der Waals surface area (Å²) in [7, 11) is 0. The fourth-order valence-corrected chi connectivity index (χ4v) is 3.92. The van der Waals surface area contributed by atoms with E-state index in [1.165, 1.54) is 0 Å². The van der Waals surface area contributed by atoms with Crippen LogP contribution in [0.2, 0.25) is 5.15 Å². The number of nitrogens with zero attached hydrogens (tertiary/aromatic N) is 3. The third kappa shape index (κ3) is 3.93. The van der Waals surface area contributed by atoms with Gasteiger partial charge in [-0.1, -0.05) is 24.9 Å². The van der Waals surface area contributed by atoms with Crippen LogP contribution < -0.4 is 15.5 Å². The molecule has 0 unspecified atom stereocenters. The second-order valence-corrected chi connectivity index (χ2v) is 7.70. The van der Waals surface area contributed by atoms with E-state index in [-0.39, 0.29) is 5.91 Å². The highest BCUT2D eigenvalue weighted by Crippen LogP contribution is 2.31. The maximum Gasteiger partial charge on any atom is 0.254 e. The van der Waals surface area contributed by atoms with Crippen molar-refractivity contribution in [2.24, 2.45) is 0 Å². The molecule has 0 atom stereocenters. The van der Waals surface area contributed by atoms with Crippen LogP contribution in [-0.4, -0.2) is 48.5 Å². The van der Waals surface area contributed by atoms with E-state index in [2.05, 4.69) is 27.4 Å². The molecule has 1 aromatic carbocycles. The van der Waals surface area contributed by atoms with Crippen molar-refractivity contribution in [2.75, 3.05) is 42.9 Å². The predicted molar refractivity (Wildman–Crippen MR) is 114 cm³/mol. The van der Waals surface area contributed by atoms with Gasteiger partial charge in [-0.05, 0) is 36.2 Å². The number of hydrogen-bond acceptors (Lipinski definition) is 5. The Hall–Kier alpha value is -2.31. The molecule has 0 aliphatic carbocycles. The summed E-state index contributed by atoms with van der Waals surface area (Å²) in [5, 5.41) is 7.19. The molecule has 4 rings (SSSR count). The molecular weight excluding hydrogens is 374 g/mol. The summed E-state index contributed by atoms with van der Waals surface area (Å²) >= 11 is 6.34. The van der Waals surface area contributed by atoms with Gasteiger partial charge >= 0.3 is 0 Å². The number of benzene rings is 1. The standard InChI is InChI=1S/C21H26ClN5O/c1-2-3-8-27-14-15-11-16(4-5-18(15)21(27)28)25-19-12-17(13-24-20(19)22)26-9-6-23-7-10-26/h4-5,11-13,23,25H,2-3,6-10,14H2,1H3. The van der Waals surface area contributed by atoms with Gasteiger partial charge < -0.3 is 20.4 Å². The summed E-state index contributed by atoms with van der Waals surface area (Å²) in [6.45, 7) is 7.49. The fourth-order valence-electron chi connectivity index (χ4n) is 3.76. The first-order valence-corrected chi connectivity index (χ1v) is 10.3. The molecule has 2 N–H and O–H groups in total. The topological polar surface area (TPSA) is 60.5 Å². The first kappa shape index (κ1) is 19.0. The average molecular weight is 400 g/mol. The van der Waals surface area contributed by atoms with Gasteiger partial charge in [0.1, 0.15) is 0 Å². The number of anilines is 3. The molecule has 2 aromatic rings. The lowest BCUT2D eigenvalue weighted by atomic mass is 10.1. The fraction of sp³-hybridized carbons (Fsp3) is 0.429. The molecule has 0 bridgehead atoms. The van der Waals surface area contributed by atoms with Crippen LogP contribution in [0, 0.1) is 0 Å². The number of halogens is 1. The molecule has 1 fully saturated rings. The number of hydrogen-bond donors (Lipinski definition) is 2. The molecule has 1 amide bonds. The van der Waals surface area contributed by atoms with Gasteiger partial charge in [0.05, 0.1) is 17.6 Å². The third-order valence-electron chi connectivity index (χ3n) is 5.35. The molecule has 2 aliphatic rings.